The predicted molar refractivity (Wildman–Crippen MR) is 109 cm³/mol. The topological polar surface area (TPSA) is 72.8 Å². The zero-order valence-electron chi connectivity index (χ0n) is 16.5. The van der Waals surface area contributed by atoms with Gasteiger partial charge in [-0.3, -0.25) is 14.0 Å². The molecule has 7 nitrogen and oxygen atoms in total. The van der Waals surface area contributed by atoms with Gasteiger partial charge in [0.2, 0.25) is 5.91 Å². The summed E-state index contributed by atoms with van der Waals surface area (Å²) in [6.45, 7) is 4.95. The zero-order valence-corrected chi connectivity index (χ0v) is 16.5. The van der Waals surface area contributed by atoms with Crippen LogP contribution in [0.5, 0.6) is 0 Å². The van der Waals surface area contributed by atoms with Crippen LogP contribution in [0.2, 0.25) is 0 Å². The normalized spacial score (nSPS) is 15.0. The van der Waals surface area contributed by atoms with Crippen LogP contribution in [0.25, 0.3) is 16.6 Å². The number of fused-ring (bicyclic) bond motifs is 4. The van der Waals surface area contributed by atoms with Crippen molar-refractivity contribution in [2.45, 2.75) is 39.3 Å². The van der Waals surface area contributed by atoms with Crippen molar-refractivity contribution in [3.63, 3.8) is 0 Å². The fourth-order valence-corrected chi connectivity index (χ4v) is 4.24. The molecule has 0 radical (unpaired) electrons. The molecule has 0 saturated carbocycles. The molecule has 4 aromatic rings. The third-order valence-corrected chi connectivity index (χ3v) is 5.81. The largest absolute Gasteiger partial charge is 0.463 e. The van der Waals surface area contributed by atoms with Gasteiger partial charge in [-0.15, -0.1) is 0 Å². The third-order valence-electron chi connectivity index (χ3n) is 5.81. The van der Waals surface area contributed by atoms with Crippen molar-refractivity contribution in [2.75, 3.05) is 6.54 Å². The standard InChI is InChI=1S/C22H22N4O3/c1-3-20-23-26(22(28)18-12-19-17(25(18)20)9-11-29-19)14(2)21(27)24-10-8-15-6-4-5-7-16(15)13-24/h4-7,9,11-12,14H,3,8,10,13H2,1-2H3/t14-/m1/s1. The third kappa shape index (κ3) is 2.68. The summed E-state index contributed by atoms with van der Waals surface area (Å²) in [7, 11) is 0. The Morgan fingerprint density at radius 3 is 2.79 bits per heavy atom. The van der Waals surface area contributed by atoms with Crippen molar-refractivity contribution in [2.24, 2.45) is 0 Å². The predicted octanol–water partition coefficient (Wildman–Crippen LogP) is 2.95. The van der Waals surface area contributed by atoms with E-state index in [1.54, 1.807) is 19.3 Å². The van der Waals surface area contributed by atoms with Gasteiger partial charge in [0.1, 0.15) is 17.4 Å². The van der Waals surface area contributed by atoms with Crippen molar-refractivity contribution in [3.05, 3.63) is 70.0 Å². The van der Waals surface area contributed by atoms with Crippen LogP contribution >= 0.6 is 0 Å². The number of carbonyl (C=O) groups excluding carboxylic acids is 1. The van der Waals surface area contributed by atoms with Gasteiger partial charge in [-0.25, -0.2) is 4.68 Å². The minimum Gasteiger partial charge on any atom is -0.463 e. The second-order valence-corrected chi connectivity index (χ2v) is 7.51. The number of hydrogen-bond donors (Lipinski definition) is 0. The van der Waals surface area contributed by atoms with Gasteiger partial charge in [-0.2, -0.15) is 5.10 Å². The Morgan fingerprint density at radius 1 is 1.21 bits per heavy atom. The molecule has 5 rings (SSSR count). The molecule has 0 aliphatic carbocycles. The molecule has 148 valence electrons. The van der Waals surface area contributed by atoms with E-state index < -0.39 is 6.04 Å². The minimum atomic E-state index is -0.677. The maximum atomic E-state index is 13.2. The van der Waals surface area contributed by atoms with Gasteiger partial charge in [0.05, 0.1) is 11.8 Å². The highest BCUT2D eigenvalue weighted by Crippen LogP contribution is 2.23. The summed E-state index contributed by atoms with van der Waals surface area (Å²) < 4.78 is 8.62. The summed E-state index contributed by atoms with van der Waals surface area (Å²) >= 11 is 0. The molecule has 3 aromatic heterocycles. The molecule has 1 aliphatic rings. The molecule has 0 fully saturated rings. The maximum Gasteiger partial charge on any atom is 0.291 e. The van der Waals surface area contributed by atoms with Gasteiger partial charge in [0.25, 0.3) is 5.56 Å². The number of benzene rings is 1. The summed E-state index contributed by atoms with van der Waals surface area (Å²) in [6, 6.07) is 11.1. The number of amides is 1. The number of rotatable bonds is 3. The van der Waals surface area contributed by atoms with Crippen LogP contribution in [0.4, 0.5) is 0 Å². The highest BCUT2D eigenvalue weighted by molar-refractivity contribution is 5.83. The van der Waals surface area contributed by atoms with Gasteiger partial charge in [-0.1, -0.05) is 31.2 Å². The first-order valence-corrected chi connectivity index (χ1v) is 9.94. The lowest BCUT2D eigenvalue weighted by Gasteiger charge is -2.31. The van der Waals surface area contributed by atoms with Crippen molar-refractivity contribution in [1.82, 2.24) is 19.1 Å². The Morgan fingerprint density at radius 2 is 2.00 bits per heavy atom. The van der Waals surface area contributed by atoms with E-state index in [9.17, 15) is 9.59 Å². The summed E-state index contributed by atoms with van der Waals surface area (Å²) in [5.74, 6) is 0.635. The molecule has 1 aromatic carbocycles. The molecule has 1 atom stereocenters. The molecule has 0 N–H and O–H groups in total. The molecule has 0 saturated heterocycles. The van der Waals surface area contributed by atoms with E-state index >= 15 is 0 Å². The number of aryl methyl sites for hydroxylation is 1. The van der Waals surface area contributed by atoms with Crippen LogP contribution in [0.1, 0.15) is 36.8 Å². The van der Waals surface area contributed by atoms with Crippen molar-refractivity contribution >= 4 is 22.5 Å². The molecule has 7 heteroatoms. The highest BCUT2D eigenvalue weighted by Gasteiger charge is 2.28. The number of nitrogens with zero attached hydrogens (tertiary/aromatic N) is 4. The minimum absolute atomic E-state index is 0.0873. The first kappa shape index (κ1) is 17.7. The number of carbonyl (C=O) groups is 1. The lowest BCUT2D eigenvalue weighted by molar-refractivity contribution is -0.135. The summed E-state index contributed by atoms with van der Waals surface area (Å²) in [5, 5.41) is 4.56. The fraction of sp³-hybridized carbons (Fsp3) is 0.318. The highest BCUT2D eigenvalue weighted by atomic mass is 16.3. The van der Waals surface area contributed by atoms with Gasteiger partial charge < -0.3 is 9.32 Å². The second-order valence-electron chi connectivity index (χ2n) is 7.51. The van der Waals surface area contributed by atoms with Gasteiger partial charge >= 0.3 is 0 Å². The maximum absolute atomic E-state index is 13.2. The van der Waals surface area contributed by atoms with Crippen molar-refractivity contribution in [1.29, 1.82) is 0 Å². The Bertz CT molecular complexity index is 1300. The average molecular weight is 390 g/mol. The second kappa shape index (κ2) is 6.62. The first-order valence-electron chi connectivity index (χ1n) is 9.94. The number of hydrogen-bond acceptors (Lipinski definition) is 4. The van der Waals surface area contributed by atoms with Gasteiger partial charge in [0, 0.05) is 31.6 Å². The molecule has 0 bridgehead atoms. The van der Waals surface area contributed by atoms with Gasteiger partial charge in [0.15, 0.2) is 5.58 Å². The average Bonchev–Trinajstić information content (AvgIpc) is 3.35. The van der Waals surface area contributed by atoms with E-state index in [4.69, 9.17) is 4.42 Å². The summed E-state index contributed by atoms with van der Waals surface area (Å²) in [4.78, 5) is 28.2. The summed E-state index contributed by atoms with van der Waals surface area (Å²) in [5.41, 5.74) is 4.10. The van der Waals surface area contributed by atoms with Crippen LogP contribution < -0.4 is 5.56 Å². The Hall–Kier alpha value is -3.35. The first-order chi connectivity index (χ1) is 14.1. The zero-order chi connectivity index (χ0) is 20.1. The molecule has 4 heterocycles. The molecule has 0 unspecified atom stereocenters. The van der Waals surface area contributed by atoms with Crippen molar-refractivity contribution < 1.29 is 9.21 Å². The lowest BCUT2D eigenvalue weighted by Crippen LogP contribution is -2.43. The SMILES string of the molecule is CCc1nn([C@H](C)C(=O)N2CCc3ccccc3C2)c(=O)c2cc3occc3n12. The smallest absolute Gasteiger partial charge is 0.291 e. The quantitative estimate of drug-likeness (QED) is 0.539. The van der Waals surface area contributed by atoms with E-state index in [1.165, 1.54) is 10.2 Å². The van der Waals surface area contributed by atoms with Crippen LogP contribution in [-0.4, -0.2) is 31.5 Å². The van der Waals surface area contributed by atoms with Crippen LogP contribution in [0, 0.1) is 0 Å². The van der Waals surface area contributed by atoms with Crippen LogP contribution in [0.15, 0.2) is 51.9 Å². The molecule has 1 aliphatic heterocycles. The van der Waals surface area contributed by atoms with Crippen LogP contribution in [-0.2, 0) is 24.2 Å². The van der Waals surface area contributed by atoms with E-state index in [0.29, 0.717) is 30.6 Å². The molecule has 1 amide bonds. The monoisotopic (exact) mass is 390 g/mol. The lowest BCUT2D eigenvalue weighted by atomic mass is 9.99. The number of furan rings is 1. The molecule has 29 heavy (non-hydrogen) atoms. The Kier molecular flexibility index (Phi) is 4.04. The van der Waals surface area contributed by atoms with E-state index in [2.05, 4.69) is 17.2 Å². The van der Waals surface area contributed by atoms with E-state index in [1.807, 2.05) is 34.4 Å². The van der Waals surface area contributed by atoms with Crippen molar-refractivity contribution in [3.8, 4) is 0 Å². The van der Waals surface area contributed by atoms with Gasteiger partial charge in [-0.05, 0) is 24.5 Å². The number of aromatic nitrogens is 3. The van der Waals surface area contributed by atoms with E-state index in [0.717, 1.165) is 23.3 Å². The molecular weight excluding hydrogens is 368 g/mol. The van der Waals surface area contributed by atoms with E-state index in [-0.39, 0.29) is 11.5 Å². The van der Waals surface area contributed by atoms with Crippen LogP contribution in [0.3, 0.4) is 0 Å². The fourth-order valence-electron chi connectivity index (χ4n) is 4.24. The summed E-state index contributed by atoms with van der Waals surface area (Å²) in [6.07, 6.45) is 3.05. The Balaban J connectivity index is 1.54. The Labute approximate surface area is 167 Å². The molecular formula is C22H22N4O3. The molecule has 0 spiro atoms.